The number of aliphatic imine (C=N–C) groups is 1. The molecule has 0 radical (unpaired) electrons. The van der Waals surface area contributed by atoms with E-state index < -0.39 is 4.92 Å². The first-order valence-corrected chi connectivity index (χ1v) is 9.52. The smallest absolute Gasteiger partial charge is 0.271 e. The number of halogens is 1. The highest BCUT2D eigenvalue weighted by atomic mass is 79.9. The number of phenolic OH excluding ortho intramolecular Hbond substituents is 2. The van der Waals surface area contributed by atoms with Crippen LogP contribution in [0.15, 0.2) is 62.4 Å². The van der Waals surface area contributed by atoms with Gasteiger partial charge in [0.25, 0.3) is 5.69 Å². The van der Waals surface area contributed by atoms with E-state index in [-0.39, 0.29) is 33.1 Å². The maximum atomic E-state index is 11.0. The SMILES string of the molecule is Cc1ccc2oc(-c3cc(N=Cc4cc([N+](=O)[O-])cc(Br)c4O)ccc3O)nc2c1. The van der Waals surface area contributed by atoms with Crippen molar-refractivity contribution in [3.05, 3.63) is 74.2 Å². The number of hydrogen-bond acceptors (Lipinski definition) is 7. The number of rotatable bonds is 4. The first-order valence-electron chi connectivity index (χ1n) is 8.73. The Bertz CT molecular complexity index is 1330. The molecule has 1 heterocycles. The molecule has 4 aromatic rings. The average molecular weight is 468 g/mol. The van der Waals surface area contributed by atoms with Crippen molar-refractivity contribution in [2.45, 2.75) is 6.92 Å². The van der Waals surface area contributed by atoms with Gasteiger partial charge in [-0.05, 0) is 58.7 Å². The Kier molecular flexibility index (Phi) is 4.96. The number of nitro benzene ring substituents is 1. The Labute approximate surface area is 178 Å². The van der Waals surface area contributed by atoms with Crippen LogP contribution < -0.4 is 0 Å². The van der Waals surface area contributed by atoms with Crippen LogP contribution in [0, 0.1) is 17.0 Å². The predicted octanol–water partition coefficient (Wildman–Crippen LogP) is 5.64. The molecule has 1 aromatic heterocycles. The summed E-state index contributed by atoms with van der Waals surface area (Å²) in [7, 11) is 0. The van der Waals surface area contributed by atoms with Crippen molar-refractivity contribution in [3.63, 3.8) is 0 Å². The number of phenols is 2. The fourth-order valence-electron chi connectivity index (χ4n) is 2.88. The molecular formula is C21H14BrN3O5. The van der Waals surface area contributed by atoms with Crippen LogP contribution in [0.2, 0.25) is 0 Å². The quantitative estimate of drug-likeness (QED) is 0.227. The van der Waals surface area contributed by atoms with Crippen molar-refractivity contribution < 1.29 is 19.6 Å². The van der Waals surface area contributed by atoms with Crippen LogP contribution in [0.25, 0.3) is 22.6 Å². The van der Waals surface area contributed by atoms with Crippen molar-refractivity contribution >= 4 is 44.6 Å². The van der Waals surface area contributed by atoms with Gasteiger partial charge in [-0.1, -0.05) is 6.07 Å². The summed E-state index contributed by atoms with van der Waals surface area (Å²) in [5, 5.41) is 31.4. The van der Waals surface area contributed by atoms with Gasteiger partial charge in [0.1, 0.15) is 17.0 Å². The van der Waals surface area contributed by atoms with E-state index in [1.807, 2.05) is 25.1 Å². The third-order valence-corrected chi connectivity index (χ3v) is 5.00. The molecule has 8 nitrogen and oxygen atoms in total. The van der Waals surface area contributed by atoms with E-state index in [2.05, 4.69) is 25.9 Å². The van der Waals surface area contributed by atoms with E-state index in [9.17, 15) is 20.3 Å². The second kappa shape index (κ2) is 7.60. The van der Waals surface area contributed by atoms with E-state index in [0.29, 0.717) is 22.4 Å². The molecule has 0 aliphatic rings. The van der Waals surface area contributed by atoms with Crippen LogP contribution in [0.4, 0.5) is 11.4 Å². The van der Waals surface area contributed by atoms with Crippen LogP contribution in [0.5, 0.6) is 11.5 Å². The molecule has 2 N–H and O–H groups in total. The van der Waals surface area contributed by atoms with E-state index in [1.54, 1.807) is 12.1 Å². The van der Waals surface area contributed by atoms with Crippen LogP contribution in [-0.4, -0.2) is 26.3 Å². The zero-order chi connectivity index (χ0) is 21.4. The highest BCUT2D eigenvalue weighted by molar-refractivity contribution is 9.10. The number of aromatic hydroxyl groups is 2. The fourth-order valence-corrected chi connectivity index (χ4v) is 3.35. The first kappa shape index (κ1) is 19.6. The molecule has 0 fully saturated rings. The van der Waals surface area contributed by atoms with E-state index >= 15 is 0 Å². The third kappa shape index (κ3) is 3.74. The van der Waals surface area contributed by atoms with E-state index in [1.165, 1.54) is 24.4 Å². The molecule has 30 heavy (non-hydrogen) atoms. The monoisotopic (exact) mass is 467 g/mol. The van der Waals surface area contributed by atoms with Crippen molar-refractivity contribution in [3.8, 4) is 23.0 Å². The van der Waals surface area contributed by atoms with Gasteiger partial charge in [0.05, 0.1) is 20.6 Å². The Morgan fingerprint density at radius 3 is 2.73 bits per heavy atom. The molecule has 0 aliphatic heterocycles. The van der Waals surface area contributed by atoms with E-state index in [0.717, 1.165) is 5.56 Å². The number of benzene rings is 3. The topological polar surface area (TPSA) is 122 Å². The summed E-state index contributed by atoms with van der Waals surface area (Å²) in [5.74, 6) is 0.0435. The van der Waals surface area contributed by atoms with Gasteiger partial charge >= 0.3 is 0 Å². The van der Waals surface area contributed by atoms with Crippen LogP contribution in [0.3, 0.4) is 0 Å². The standard InChI is InChI=1S/C21H14BrN3O5/c1-11-2-5-19-17(6-11)24-21(30-19)15-8-13(3-4-18(15)26)23-10-12-7-14(25(28)29)9-16(22)20(12)27/h2-10,26-27H,1H3. The highest BCUT2D eigenvalue weighted by Crippen LogP contribution is 2.35. The minimum Gasteiger partial charge on any atom is -0.507 e. The zero-order valence-corrected chi connectivity index (χ0v) is 17.1. The van der Waals surface area contributed by atoms with Crippen molar-refractivity contribution in [2.75, 3.05) is 0 Å². The van der Waals surface area contributed by atoms with Gasteiger partial charge < -0.3 is 14.6 Å². The zero-order valence-electron chi connectivity index (χ0n) is 15.5. The molecule has 0 spiro atoms. The lowest BCUT2D eigenvalue weighted by Gasteiger charge is -2.03. The molecule has 0 saturated carbocycles. The number of nitrogens with zero attached hydrogens (tertiary/aromatic N) is 3. The molecule has 4 rings (SSSR count). The summed E-state index contributed by atoms with van der Waals surface area (Å²) in [4.78, 5) is 19.2. The molecule has 150 valence electrons. The van der Waals surface area contributed by atoms with Crippen molar-refractivity contribution in [2.24, 2.45) is 4.99 Å². The minimum absolute atomic E-state index is 0.0295. The Balaban J connectivity index is 1.72. The normalized spacial score (nSPS) is 11.4. The van der Waals surface area contributed by atoms with E-state index in [4.69, 9.17) is 4.42 Å². The highest BCUT2D eigenvalue weighted by Gasteiger charge is 2.15. The Morgan fingerprint density at radius 1 is 1.17 bits per heavy atom. The molecular weight excluding hydrogens is 454 g/mol. The first-order chi connectivity index (χ1) is 14.3. The fraction of sp³-hybridized carbons (Fsp3) is 0.0476. The van der Waals surface area contributed by atoms with Crippen molar-refractivity contribution in [1.29, 1.82) is 0 Å². The van der Waals surface area contributed by atoms with Crippen LogP contribution >= 0.6 is 15.9 Å². The van der Waals surface area contributed by atoms with Crippen LogP contribution in [-0.2, 0) is 0 Å². The second-order valence-corrected chi connectivity index (χ2v) is 7.43. The number of fused-ring (bicyclic) bond motifs is 1. The molecule has 3 aromatic carbocycles. The summed E-state index contributed by atoms with van der Waals surface area (Å²) >= 11 is 3.10. The molecule has 0 aliphatic carbocycles. The third-order valence-electron chi connectivity index (χ3n) is 4.39. The number of aromatic nitrogens is 1. The van der Waals surface area contributed by atoms with Crippen molar-refractivity contribution in [1.82, 2.24) is 4.98 Å². The predicted molar refractivity (Wildman–Crippen MR) is 116 cm³/mol. The molecule has 0 amide bonds. The number of non-ortho nitro benzene ring substituents is 1. The Hall–Kier alpha value is -3.72. The number of aryl methyl sites for hydroxylation is 1. The maximum absolute atomic E-state index is 11.0. The summed E-state index contributed by atoms with van der Waals surface area (Å²) < 4.78 is 5.93. The lowest BCUT2D eigenvalue weighted by molar-refractivity contribution is -0.385. The van der Waals surface area contributed by atoms with Gasteiger partial charge in [-0.3, -0.25) is 15.1 Å². The second-order valence-electron chi connectivity index (χ2n) is 6.57. The average Bonchev–Trinajstić information content (AvgIpc) is 3.12. The molecule has 0 bridgehead atoms. The molecule has 0 atom stereocenters. The molecule has 0 saturated heterocycles. The number of hydrogen-bond donors (Lipinski definition) is 2. The lowest BCUT2D eigenvalue weighted by Crippen LogP contribution is -1.91. The van der Waals surface area contributed by atoms with Gasteiger partial charge in [-0.15, -0.1) is 0 Å². The van der Waals surface area contributed by atoms with Crippen LogP contribution in [0.1, 0.15) is 11.1 Å². The summed E-state index contributed by atoms with van der Waals surface area (Å²) in [6, 6.07) is 12.6. The van der Waals surface area contributed by atoms with Gasteiger partial charge in [-0.25, -0.2) is 4.98 Å². The van der Waals surface area contributed by atoms with Gasteiger partial charge in [0.15, 0.2) is 5.58 Å². The van der Waals surface area contributed by atoms with Gasteiger partial charge in [0, 0.05) is 23.9 Å². The largest absolute Gasteiger partial charge is 0.507 e. The Morgan fingerprint density at radius 2 is 1.97 bits per heavy atom. The molecule has 0 unspecified atom stereocenters. The summed E-state index contributed by atoms with van der Waals surface area (Å²) in [6.45, 7) is 1.95. The van der Waals surface area contributed by atoms with Gasteiger partial charge in [0.2, 0.25) is 5.89 Å². The summed E-state index contributed by atoms with van der Waals surface area (Å²) in [6.07, 6.45) is 1.30. The molecule has 9 heteroatoms. The minimum atomic E-state index is -0.560. The number of nitro groups is 1. The van der Waals surface area contributed by atoms with Gasteiger partial charge in [-0.2, -0.15) is 0 Å². The number of oxazole rings is 1. The lowest BCUT2D eigenvalue weighted by atomic mass is 10.1. The summed E-state index contributed by atoms with van der Waals surface area (Å²) in [5.41, 5.74) is 3.07. The maximum Gasteiger partial charge on any atom is 0.271 e.